The summed E-state index contributed by atoms with van der Waals surface area (Å²) < 4.78 is 0. The second kappa shape index (κ2) is 5.06. The lowest BCUT2D eigenvalue weighted by Crippen LogP contribution is -2.00. The summed E-state index contributed by atoms with van der Waals surface area (Å²) in [6, 6.07) is 8.39. The highest BCUT2D eigenvalue weighted by atomic mass is 35.5. The molecule has 1 nitrogen and oxygen atoms in total. The Bertz CT molecular complexity index is 301. The van der Waals surface area contributed by atoms with Gasteiger partial charge in [0, 0.05) is 10.7 Å². The molecule has 0 amide bonds. The fourth-order valence-electron chi connectivity index (χ4n) is 1.18. The van der Waals surface area contributed by atoms with Gasteiger partial charge in [0.15, 0.2) is 0 Å². The zero-order chi connectivity index (χ0) is 10.6. The number of hydrogen-bond donors (Lipinski definition) is 1. The van der Waals surface area contributed by atoms with Crippen LogP contribution in [0.4, 0.5) is 5.69 Å². The first kappa shape index (κ1) is 11.1. The second-order valence-electron chi connectivity index (χ2n) is 3.65. The van der Waals surface area contributed by atoms with Gasteiger partial charge in [-0.2, -0.15) is 0 Å². The molecule has 1 N–H and O–H groups in total. The van der Waals surface area contributed by atoms with Crippen molar-refractivity contribution < 1.29 is 0 Å². The maximum Gasteiger partial charge on any atom is 0.0501 e. The lowest BCUT2D eigenvalue weighted by Gasteiger charge is -2.08. The Morgan fingerprint density at radius 3 is 2.36 bits per heavy atom. The zero-order valence-electron chi connectivity index (χ0n) is 8.68. The van der Waals surface area contributed by atoms with Gasteiger partial charge in [0.2, 0.25) is 0 Å². The third-order valence-corrected chi connectivity index (χ3v) is 2.20. The summed E-state index contributed by atoms with van der Waals surface area (Å²) in [6.45, 7) is 8.60. The number of anilines is 1. The van der Waals surface area contributed by atoms with Crippen molar-refractivity contribution in [1.82, 2.24) is 0 Å². The molecule has 0 fully saturated rings. The predicted octanol–water partition coefficient (Wildman–Crippen LogP) is 3.97. The van der Waals surface area contributed by atoms with Crippen LogP contribution >= 0.6 is 11.6 Å². The fraction of sp³-hybridized carbons (Fsp3) is 0.333. The van der Waals surface area contributed by atoms with Gasteiger partial charge in [-0.25, -0.2) is 0 Å². The van der Waals surface area contributed by atoms with Crippen LogP contribution in [0.25, 0.3) is 0 Å². The molecule has 0 aliphatic rings. The van der Waals surface area contributed by atoms with Crippen molar-refractivity contribution in [3.63, 3.8) is 0 Å². The number of benzene rings is 1. The molecule has 1 aromatic carbocycles. The summed E-state index contributed by atoms with van der Waals surface area (Å²) in [5.41, 5.74) is 2.43. The van der Waals surface area contributed by atoms with Gasteiger partial charge in [-0.05, 0) is 23.6 Å². The summed E-state index contributed by atoms with van der Waals surface area (Å²) in [4.78, 5) is 0. The van der Waals surface area contributed by atoms with Crippen molar-refractivity contribution in [1.29, 1.82) is 0 Å². The average Bonchev–Trinajstić information content (AvgIpc) is 2.15. The van der Waals surface area contributed by atoms with E-state index >= 15 is 0 Å². The molecule has 0 heterocycles. The largest absolute Gasteiger partial charge is 0.380 e. The van der Waals surface area contributed by atoms with Crippen LogP contribution in [0.15, 0.2) is 35.9 Å². The van der Waals surface area contributed by atoms with Crippen molar-refractivity contribution >= 4 is 17.3 Å². The first-order valence-corrected chi connectivity index (χ1v) is 5.14. The van der Waals surface area contributed by atoms with Crippen LogP contribution in [-0.2, 0) is 0 Å². The van der Waals surface area contributed by atoms with Gasteiger partial charge in [-0.15, -0.1) is 0 Å². The van der Waals surface area contributed by atoms with Gasteiger partial charge < -0.3 is 5.32 Å². The first-order valence-electron chi connectivity index (χ1n) is 4.76. The van der Waals surface area contributed by atoms with E-state index in [1.54, 1.807) is 0 Å². The van der Waals surface area contributed by atoms with E-state index in [0.29, 0.717) is 17.5 Å². The van der Waals surface area contributed by atoms with Crippen LogP contribution in [-0.4, -0.2) is 6.54 Å². The van der Waals surface area contributed by atoms with Crippen molar-refractivity contribution in [2.24, 2.45) is 0 Å². The Morgan fingerprint density at radius 2 is 1.93 bits per heavy atom. The summed E-state index contributed by atoms with van der Waals surface area (Å²) in [6.07, 6.45) is 0. The molecule has 0 unspecified atom stereocenters. The monoisotopic (exact) mass is 209 g/mol. The highest BCUT2D eigenvalue weighted by Gasteiger charge is 1.98. The Balaban J connectivity index is 2.59. The maximum absolute atomic E-state index is 5.65. The summed E-state index contributed by atoms with van der Waals surface area (Å²) in [5.74, 6) is 0.576. The van der Waals surface area contributed by atoms with Gasteiger partial charge in [-0.3, -0.25) is 0 Å². The van der Waals surface area contributed by atoms with Crippen molar-refractivity contribution in [2.45, 2.75) is 19.8 Å². The fourth-order valence-corrected chi connectivity index (χ4v) is 1.25. The van der Waals surface area contributed by atoms with Crippen molar-refractivity contribution in [2.75, 3.05) is 11.9 Å². The van der Waals surface area contributed by atoms with Crippen molar-refractivity contribution in [3.8, 4) is 0 Å². The molecule has 0 atom stereocenters. The molecule has 1 rings (SSSR count). The predicted molar refractivity (Wildman–Crippen MR) is 64.0 cm³/mol. The van der Waals surface area contributed by atoms with Crippen LogP contribution in [0.1, 0.15) is 25.3 Å². The first-order chi connectivity index (χ1) is 6.59. The lowest BCUT2D eigenvalue weighted by molar-refractivity contribution is 0.867. The Kier molecular flexibility index (Phi) is 4.02. The van der Waals surface area contributed by atoms with Gasteiger partial charge in [0.1, 0.15) is 0 Å². The smallest absolute Gasteiger partial charge is 0.0501 e. The second-order valence-corrected chi connectivity index (χ2v) is 4.18. The molecule has 0 saturated heterocycles. The molecular formula is C12H16ClN. The molecule has 0 saturated carbocycles. The normalized spacial score (nSPS) is 10.3. The molecule has 76 valence electrons. The summed E-state index contributed by atoms with van der Waals surface area (Å²) in [7, 11) is 0. The van der Waals surface area contributed by atoms with E-state index in [0.717, 1.165) is 5.69 Å². The van der Waals surface area contributed by atoms with Crippen LogP contribution in [0.5, 0.6) is 0 Å². The number of rotatable bonds is 4. The van der Waals surface area contributed by atoms with E-state index in [-0.39, 0.29) is 0 Å². The minimum atomic E-state index is 0.576. The highest BCUT2D eigenvalue weighted by Crippen LogP contribution is 2.17. The molecule has 0 aliphatic heterocycles. The molecule has 1 aromatic rings. The standard InChI is InChI=1S/C12H16ClN/c1-9(2)11-4-6-12(7-5-11)14-8-10(3)13/h4-7,9,14H,3,8H2,1-2H3. The maximum atomic E-state index is 5.65. The van der Waals surface area contributed by atoms with Gasteiger partial charge in [-0.1, -0.05) is 44.2 Å². The molecule has 0 aromatic heterocycles. The summed E-state index contributed by atoms with van der Waals surface area (Å²) >= 11 is 5.65. The van der Waals surface area contributed by atoms with Gasteiger partial charge in [0.05, 0.1) is 6.54 Å². The minimum Gasteiger partial charge on any atom is -0.380 e. The van der Waals surface area contributed by atoms with Crippen LogP contribution < -0.4 is 5.32 Å². The van der Waals surface area contributed by atoms with E-state index in [1.807, 2.05) is 0 Å². The number of nitrogens with one attached hydrogen (secondary N) is 1. The van der Waals surface area contributed by atoms with E-state index in [1.165, 1.54) is 5.56 Å². The summed E-state index contributed by atoms with van der Waals surface area (Å²) in [5, 5.41) is 3.80. The number of hydrogen-bond acceptors (Lipinski definition) is 1. The molecular weight excluding hydrogens is 194 g/mol. The molecule has 0 aliphatic carbocycles. The van der Waals surface area contributed by atoms with Crippen molar-refractivity contribution in [3.05, 3.63) is 41.4 Å². The van der Waals surface area contributed by atoms with Crippen LogP contribution in [0.2, 0.25) is 0 Å². The quantitative estimate of drug-likeness (QED) is 0.791. The molecule has 2 heteroatoms. The van der Waals surface area contributed by atoms with E-state index in [4.69, 9.17) is 11.6 Å². The Labute approximate surface area is 90.8 Å². The zero-order valence-corrected chi connectivity index (χ0v) is 9.43. The van der Waals surface area contributed by atoms with E-state index < -0.39 is 0 Å². The molecule has 14 heavy (non-hydrogen) atoms. The topological polar surface area (TPSA) is 12.0 Å². The van der Waals surface area contributed by atoms with Gasteiger partial charge in [0.25, 0.3) is 0 Å². The van der Waals surface area contributed by atoms with Crippen LogP contribution in [0.3, 0.4) is 0 Å². The average molecular weight is 210 g/mol. The van der Waals surface area contributed by atoms with E-state index in [9.17, 15) is 0 Å². The molecule has 0 bridgehead atoms. The molecule has 0 radical (unpaired) electrons. The molecule has 0 spiro atoms. The Morgan fingerprint density at radius 1 is 1.36 bits per heavy atom. The SMILES string of the molecule is C=C(Cl)CNc1ccc(C(C)C)cc1. The minimum absolute atomic E-state index is 0.576. The lowest BCUT2D eigenvalue weighted by atomic mass is 10.0. The van der Waals surface area contributed by atoms with Gasteiger partial charge >= 0.3 is 0 Å². The Hall–Kier alpha value is -0.950. The third-order valence-electron chi connectivity index (χ3n) is 2.06. The number of halogens is 1. The highest BCUT2D eigenvalue weighted by molar-refractivity contribution is 6.29. The van der Waals surface area contributed by atoms with E-state index in [2.05, 4.69) is 50.0 Å². The van der Waals surface area contributed by atoms with Crippen LogP contribution in [0, 0.1) is 0 Å². The third kappa shape index (κ3) is 3.43.